The molecular weight excluding hydrogens is 518 g/mol. The minimum absolute atomic E-state index is 0.0813. The summed E-state index contributed by atoms with van der Waals surface area (Å²) >= 11 is 0. The third-order valence-corrected chi connectivity index (χ3v) is 8.12. The Bertz CT molecular complexity index is 1540. The summed E-state index contributed by atoms with van der Waals surface area (Å²) < 4.78 is 33.9. The van der Waals surface area contributed by atoms with Crippen LogP contribution in [0.3, 0.4) is 0 Å². The number of methoxy groups -OCH3 is 1. The number of urea groups is 1. The largest absolute Gasteiger partial charge is 0.497 e. The third-order valence-electron chi connectivity index (χ3n) is 6.71. The summed E-state index contributed by atoms with van der Waals surface area (Å²) in [6, 6.07) is 14.5. The molecule has 1 aromatic heterocycles. The van der Waals surface area contributed by atoms with E-state index < -0.39 is 10.0 Å². The maximum atomic E-state index is 13.1. The Morgan fingerprint density at radius 1 is 0.974 bits per heavy atom. The zero-order valence-corrected chi connectivity index (χ0v) is 22.2. The SMILES string of the molecule is COC1=CC(NC(=O)N2CCN(C(=O)c3ccc(NS(=O)(=O)c4cccc5cccnc45)cc3)CC2)CC=C1. The minimum Gasteiger partial charge on any atom is -0.497 e. The number of carbonyl (C=O) groups excluding carboxylic acids is 2. The van der Waals surface area contributed by atoms with Crippen LogP contribution in [0.25, 0.3) is 10.9 Å². The first kappa shape index (κ1) is 26.2. The van der Waals surface area contributed by atoms with E-state index in [2.05, 4.69) is 15.0 Å². The summed E-state index contributed by atoms with van der Waals surface area (Å²) in [5.74, 6) is 0.541. The van der Waals surface area contributed by atoms with Crippen LogP contribution in [-0.4, -0.2) is 74.5 Å². The van der Waals surface area contributed by atoms with Crippen molar-refractivity contribution in [3.05, 3.63) is 90.3 Å². The molecule has 1 aliphatic heterocycles. The van der Waals surface area contributed by atoms with E-state index in [0.717, 1.165) is 5.39 Å². The molecule has 0 bridgehead atoms. The second-order valence-corrected chi connectivity index (χ2v) is 10.9. The number of sulfonamides is 1. The highest BCUT2D eigenvalue weighted by atomic mass is 32.2. The Kier molecular flexibility index (Phi) is 7.51. The van der Waals surface area contributed by atoms with Crippen molar-refractivity contribution in [1.82, 2.24) is 20.1 Å². The van der Waals surface area contributed by atoms with Crippen LogP contribution in [0, 0.1) is 0 Å². The number of hydrogen-bond acceptors (Lipinski definition) is 6. The molecule has 202 valence electrons. The van der Waals surface area contributed by atoms with Crippen LogP contribution < -0.4 is 10.0 Å². The van der Waals surface area contributed by atoms with E-state index in [1.807, 2.05) is 18.2 Å². The molecule has 1 saturated heterocycles. The van der Waals surface area contributed by atoms with E-state index in [4.69, 9.17) is 4.74 Å². The van der Waals surface area contributed by atoms with Crippen molar-refractivity contribution in [2.24, 2.45) is 0 Å². The molecule has 1 aliphatic carbocycles. The van der Waals surface area contributed by atoms with E-state index in [9.17, 15) is 18.0 Å². The van der Waals surface area contributed by atoms with Gasteiger partial charge in [0.1, 0.15) is 10.7 Å². The Balaban J connectivity index is 1.17. The molecule has 2 aliphatic rings. The second-order valence-electron chi connectivity index (χ2n) is 9.26. The molecular formula is C28H29N5O5S. The van der Waals surface area contributed by atoms with Crippen LogP contribution in [0.15, 0.2) is 89.7 Å². The number of carbonyl (C=O) groups is 2. The lowest BCUT2D eigenvalue weighted by atomic mass is 10.1. The number of rotatable bonds is 6. The molecule has 5 rings (SSSR count). The molecule has 0 saturated carbocycles. The highest BCUT2D eigenvalue weighted by Crippen LogP contribution is 2.24. The fraction of sp³-hybridized carbons (Fsp3) is 0.250. The van der Waals surface area contributed by atoms with Crippen molar-refractivity contribution in [3.8, 4) is 0 Å². The summed E-state index contributed by atoms with van der Waals surface area (Å²) in [5.41, 5.74) is 1.16. The number of ether oxygens (including phenoxy) is 1. The average molecular weight is 548 g/mol. The van der Waals surface area contributed by atoms with E-state index >= 15 is 0 Å². The van der Waals surface area contributed by atoms with Crippen LogP contribution in [0.2, 0.25) is 0 Å². The van der Waals surface area contributed by atoms with Crippen molar-refractivity contribution < 1.29 is 22.7 Å². The van der Waals surface area contributed by atoms with Crippen molar-refractivity contribution >= 4 is 38.6 Å². The van der Waals surface area contributed by atoms with Gasteiger partial charge in [0.05, 0.1) is 18.7 Å². The predicted molar refractivity (Wildman–Crippen MR) is 148 cm³/mol. The summed E-state index contributed by atoms with van der Waals surface area (Å²) in [7, 11) is -2.30. The molecule has 0 radical (unpaired) electrons. The topological polar surface area (TPSA) is 121 Å². The molecule has 39 heavy (non-hydrogen) atoms. The Morgan fingerprint density at radius 3 is 2.44 bits per heavy atom. The summed E-state index contributed by atoms with van der Waals surface area (Å²) in [6.07, 6.45) is 7.95. The number of amides is 3. The van der Waals surface area contributed by atoms with Crippen LogP contribution in [-0.2, 0) is 14.8 Å². The number of nitrogens with zero attached hydrogens (tertiary/aromatic N) is 3. The van der Waals surface area contributed by atoms with Crippen molar-refractivity contribution in [3.63, 3.8) is 0 Å². The van der Waals surface area contributed by atoms with Crippen LogP contribution >= 0.6 is 0 Å². The molecule has 1 atom stereocenters. The summed E-state index contributed by atoms with van der Waals surface area (Å²) in [6.45, 7) is 1.63. The molecule has 1 unspecified atom stereocenters. The van der Waals surface area contributed by atoms with Gasteiger partial charge in [-0.15, -0.1) is 0 Å². The monoisotopic (exact) mass is 547 g/mol. The smallest absolute Gasteiger partial charge is 0.317 e. The predicted octanol–water partition coefficient (Wildman–Crippen LogP) is 3.36. The lowest BCUT2D eigenvalue weighted by molar-refractivity contribution is 0.0664. The molecule has 10 nitrogen and oxygen atoms in total. The number of allylic oxidation sites excluding steroid dienone is 1. The third kappa shape index (κ3) is 5.88. The lowest BCUT2D eigenvalue weighted by Gasteiger charge is -2.35. The summed E-state index contributed by atoms with van der Waals surface area (Å²) in [4.78, 5) is 33.4. The Hall–Kier alpha value is -4.38. The minimum atomic E-state index is -3.89. The van der Waals surface area contributed by atoms with Gasteiger partial charge in [0, 0.05) is 49.0 Å². The zero-order chi connectivity index (χ0) is 27.4. The first-order valence-corrected chi connectivity index (χ1v) is 14.1. The fourth-order valence-corrected chi connectivity index (χ4v) is 5.86. The Labute approximate surface area is 227 Å². The molecule has 2 N–H and O–H groups in total. The van der Waals surface area contributed by atoms with Gasteiger partial charge in [-0.25, -0.2) is 13.2 Å². The van der Waals surface area contributed by atoms with Gasteiger partial charge in [-0.1, -0.05) is 24.3 Å². The van der Waals surface area contributed by atoms with Gasteiger partial charge in [0.15, 0.2) is 0 Å². The van der Waals surface area contributed by atoms with Gasteiger partial charge in [-0.2, -0.15) is 0 Å². The fourth-order valence-electron chi connectivity index (χ4n) is 4.62. The molecule has 0 spiro atoms. The van der Waals surface area contributed by atoms with Crippen LogP contribution in [0.4, 0.5) is 10.5 Å². The number of fused-ring (bicyclic) bond motifs is 1. The zero-order valence-electron chi connectivity index (χ0n) is 21.4. The molecule has 3 amide bonds. The average Bonchev–Trinajstić information content (AvgIpc) is 2.97. The van der Waals surface area contributed by atoms with Crippen molar-refractivity contribution in [1.29, 1.82) is 0 Å². The first-order valence-electron chi connectivity index (χ1n) is 12.6. The standard InChI is InChI=1S/C28H29N5O5S/c1-38-24-8-3-7-23(19-24)30-28(35)33-17-15-32(16-18-33)27(34)21-10-12-22(13-11-21)31-39(36,37)25-9-2-5-20-6-4-14-29-26(20)25/h2-6,8-14,19,23,31H,7,15-18H2,1H3,(H,30,35). The van der Waals surface area contributed by atoms with Crippen LogP contribution in [0.5, 0.6) is 0 Å². The highest BCUT2D eigenvalue weighted by molar-refractivity contribution is 7.93. The van der Waals surface area contributed by atoms with Gasteiger partial charge in [0.25, 0.3) is 15.9 Å². The first-order chi connectivity index (χ1) is 18.8. The van der Waals surface area contributed by atoms with Gasteiger partial charge in [-0.05, 0) is 55.0 Å². The number of nitrogens with one attached hydrogen (secondary N) is 2. The van der Waals surface area contributed by atoms with Crippen molar-refractivity contribution in [2.75, 3.05) is 38.0 Å². The molecule has 3 aromatic rings. The number of piperazine rings is 1. The highest BCUT2D eigenvalue weighted by Gasteiger charge is 2.26. The number of hydrogen-bond donors (Lipinski definition) is 2. The van der Waals surface area contributed by atoms with Crippen LogP contribution in [0.1, 0.15) is 16.8 Å². The van der Waals surface area contributed by atoms with E-state index in [1.165, 1.54) is 6.07 Å². The van der Waals surface area contributed by atoms with Gasteiger partial charge >= 0.3 is 6.03 Å². The van der Waals surface area contributed by atoms with E-state index in [1.54, 1.807) is 71.6 Å². The number of anilines is 1. The van der Waals surface area contributed by atoms with Gasteiger partial charge in [-0.3, -0.25) is 14.5 Å². The number of benzene rings is 2. The summed E-state index contributed by atoms with van der Waals surface area (Å²) in [5, 5.41) is 3.72. The Morgan fingerprint density at radius 2 is 1.69 bits per heavy atom. The molecule has 11 heteroatoms. The van der Waals surface area contributed by atoms with Gasteiger partial charge in [0.2, 0.25) is 0 Å². The van der Waals surface area contributed by atoms with Crippen molar-refractivity contribution in [2.45, 2.75) is 17.4 Å². The van der Waals surface area contributed by atoms with Gasteiger partial charge < -0.3 is 19.9 Å². The molecule has 1 fully saturated rings. The number of para-hydroxylation sites is 1. The normalized spacial score (nSPS) is 17.5. The quantitative estimate of drug-likeness (QED) is 0.488. The number of aromatic nitrogens is 1. The molecule has 2 heterocycles. The second kappa shape index (κ2) is 11.2. The number of pyridine rings is 1. The lowest BCUT2D eigenvalue weighted by Crippen LogP contribution is -2.54. The van der Waals surface area contributed by atoms with E-state index in [0.29, 0.717) is 55.1 Å². The molecule has 2 aromatic carbocycles. The maximum absolute atomic E-state index is 13.1. The maximum Gasteiger partial charge on any atom is 0.317 e. The van der Waals surface area contributed by atoms with E-state index in [-0.39, 0.29) is 22.9 Å².